The number of carbonyl (C=O) groups excluding carboxylic acids is 1. The number of hydrogen-bond donors (Lipinski definition) is 12. The van der Waals surface area contributed by atoms with Gasteiger partial charge in [-0.3, -0.25) is 4.79 Å². The number of carbonyl (C=O) groups is 1. The number of aliphatic hydroxyl groups excluding tert-OH is 11. The molecular weight excluding hydrogens is 1230 g/mol. The van der Waals surface area contributed by atoms with Gasteiger partial charge in [0, 0.05) is 6.42 Å². The van der Waals surface area contributed by atoms with Gasteiger partial charge in [-0.1, -0.05) is 259 Å². The first-order valence-corrected chi connectivity index (χ1v) is 37.5. The predicted octanol–water partition coefficient (Wildman–Crippen LogP) is 11.2. The molecule has 0 aromatic heterocycles. The molecule has 0 spiro atoms. The van der Waals surface area contributed by atoms with E-state index in [9.17, 15) is 61.0 Å². The average Bonchev–Trinajstić information content (AvgIpc) is 1.09. The van der Waals surface area contributed by atoms with Crippen molar-refractivity contribution in [3.63, 3.8) is 0 Å². The van der Waals surface area contributed by atoms with Crippen LogP contribution in [0.5, 0.6) is 0 Å². The van der Waals surface area contributed by atoms with Crippen molar-refractivity contribution in [1.82, 2.24) is 5.32 Å². The maximum Gasteiger partial charge on any atom is 0.220 e. The largest absolute Gasteiger partial charge is 0.394 e. The lowest BCUT2D eigenvalue weighted by atomic mass is 9.96. The summed E-state index contributed by atoms with van der Waals surface area (Å²) in [5.74, 6) is -0.296. The first-order valence-electron chi connectivity index (χ1n) is 37.5. The zero-order valence-electron chi connectivity index (χ0n) is 58.8. The monoisotopic (exact) mass is 1360 g/mol. The molecule has 0 aromatic carbocycles. The molecule has 554 valence electrons. The summed E-state index contributed by atoms with van der Waals surface area (Å²) < 4.78 is 34.4. The van der Waals surface area contributed by atoms with Gasteiger partial charge >= 0.3 is 0 Å². The van der Waals surface area contributed by atoms with Crippen LogP contribution >= 0.6 is 0 Å². The number of ether oxygens (including phenoxy) is 6. The first kappa shape index (κ1) is 86.9. The molecule has 3 rings (SSSR count). The fraction of sp³-hybridized carbons (Fsp3) is 0.779. The maximum atomic E-state index is 13.4. The Balaban J connectivity index is 1.43. The predicted molar refractivity (Wildman–Crippen MR) is 378 cm³/mol. The van der Waals surface area contributed by atoms with Gasteiger partial charge in [-0.05, 0) is 83.5 Å². The van der Waals surface area contributed by atoms with Gasteiger partial charge in [0.1, 0.15) is 73.2 Å². The highest BCUT2D eigenvalue weighted by Gasteiger charge is 2.53. The van der Waals surface area contributed by atoms with E-state index in [1.54, 1.807) is 6.08 Å². The summed E-state index contributed by atoms with van der Waals surface area (Å²) in [5, 5.41) is 121. The van der Waals surface area contributed by atoms with Crippen LogP contribution in [-0.2, 0) is 33.2 Å². The van der Waals surface area contributed by atoms with Crippen molar-refractivity contribution in [1.29, 1.82) is 0 Å². The Bertz CT molecular complexity index is 2110. The molecule has 0 aliphatic carbocycles. The van der Waals surface area contributed by atoms with E-state index >= 15 is 0 Å². The van der Waals surface area contributed by atoms with Crippen LogP contribution in [0.15, 0.2) is 97.2 Å². The quantitative estimate of drug-likeness (QED) is 0.0199. The Kier molecular flexibility index (Phi) is 51.9. The fourth-order valence-electron chi connectivity index (χ4n) is 12.1. The van der Waals surface area contributed by atoms with Gasteiger partial charge < -0.3 is 89.9 Å². The molecule has 17 unspecified atom stereocenters. The number of aliphatic hydroxyl groups is 11. The van der Waals surface area contributed by atoms with Crippen molar-refractivity contribution in [3.05, 3.63) is 97.2 Å². The molecule has 19 nitrogen and oxygen atoms in total. The highest BCUT2D eigenvalue weighted by molar-refractivity contribution is 5.76. The Morgan fingerprint density at radius 3 is 1.17 bits per heavy atom. The SMILES string of the molecule is CC/C=C\C/C=C\C/C=C\C/C=C\C/C=C\C/C=C\CCCCCCCCCCC(=O)NC(COC1OC(CO)C(OC2OC(CO)C(OC3OC(CO)C(O)C(O)C3O)C(O)C2O)C(O)C1O)C(O)/C=C/CC/C=C/CCCCCCCCCCCCCCCCCCCC. The lowest BCUT2D eigenvalue weighted by Gasteiger charge is -2.48. The summed E-state index contributed by atoms with van der Waals surface area (Å²) in [6, 6.07) is -1.00. The topological polar surface area (TPSA) is 307 Å². The van der Waals surface area contributed by atoms with E-state index in [1.165, 1.54) is 116 Å². The molecule has 0 bridgehead atoms. The molecule has 0 aromatic rings. The van der Waals surface area contributed by atoms with Crippen LogP contribution < -0.4 is 5.32 Å². The van der Waals surface area contributed by atoms with E-state index in [-0.39, 0.29) is 18.9 Å². The van der Waals surface area contributed by atoms with Crippen LogP contribution in [0.25, 0.3) is 0 Å². The number of unbranched alkanes of at least 4 members (excludes halogenated alkanes) is 27. The zero-order valence-corrected chi connectivity index (χ0v) is 58.8. The normalized spacial score (nSPS) is 27.6. The van der Waals surface area contributed by atoms with E-state index in [1.807, 2.05) is 6.08 Å². The Morgan fingerprint density at radius 1 is 0.385 bits per heavy atom. The molecule has 1 amide bonds. The minimum absolute atomic E-state index is 0.220. The summed E-state index contributed by atoms with van der Waals surface area (Å²) in [6.45, 7) is 1.61. The molecule has 0 radical (unpaired) electrons. The minimum Gasteiger partial charge on any atom is -0.394 e. The minimum atomic E-state index is -1.99. The standard InChI is InChI=1S/C77H133NO18/c1-3-5-7-9-11-13-15-17-19-21-23-25-27-29-30-31-33-35-37-39-41-43-45-47-49-51-53-55-65(83)78-60(61(82)54-52-50-48-46-44-42-40-38-36-34-32-28-26-24-22-20-18-16-14-12-10-8-6-4-2)59-91-75-71(89)68(86)73(63(57-80)93-75)96-77-72(90)69(87)74(64(58-81)94-77)95-76-70(88)67(85)66(84)62(56-79)92-76/h5,7,11,13,17,19,23,25,29-30,33,35,44,46,52,54,60-64,66-77,79-82,84-90H,3-4,6,8-10,12,14-16,18,20-22,24,26-28,31-32,34,36-43,45,47-51,53,55-59H2,1-2H3,(H,78,83)/b7-5-,13-11-,19-17-,25-23-,30-29-,35-33-,46-44+,54-52+. The number of rotatable bonds is 57. The molecule has 96 heavy (non-hydrogen) atoms. The van der Waals surface area contributed by atoms with Crippen LogP contribution in [-0.4, -0.2) is 193 Å². The van der Waals surface area contributed by atoms with Crippen LogP contribution in [0.2, 0.25) is 0 Å². The van der Waals surface area contributed by atoms with Crippen LogP contribution in [0.1, 0.15) is 251 Å². The smallest absolute Gasteiger partial charge is 0.220 e. The van der Waals surface area contributed by atoms with E-state index < -0.39 is 124 Å². The maximum absolute atomic E-state index is 13.4. The molecule has 3 aliphatic heterocycles. The summed E-state index contributed by atoms with van der Waals surface area (Å²) in [5.41, 5.74) is 0. The third kappa shape index (κ3) is 37.9. The van der Waals surface area contributed by atoms with Gasteiger partial charge in [0.2, 0.25) is 5.91 Å². The molecule has 3 saturated heterocycles. The van der Waals surface area contributed by atoms with Crippen molar-refractivity contribution in [2.24, 2.45) is 0 Å². The van der Waals surface area contributed by atoms with Crippen molar-refractivity contribution in [2.45, 2.75) is 356 Å². The molecule has 3 aliphatic rings. The van der Waals surface area contributed by atoms with Gasteiger partial charge in [-0.15, -0.1) is 0 Å². The number of hydrogen-bond acceptors (Lipinski definition) is 18. The second kappa shape index (κ2) is 57.3. The summed E-state index contributed by atoms with van der Waals surface area (Å²) >= 11 is 0. The lowest BCUT2D eigenvalue weighted by Crippen LogP contribution is -2.66. The first-order chi connectivity index (χ1) is 46.8. The summed E-state index contributed by atoms with van der Waals surface area (Å²) in [4.78, 5) is 13.4. The molecule has 12 N–H and O–H groups in total. The number of allylic oxidation sites excluding steroid dienone is 15. The van der Waals surface area contributed by atoms with Gasteiger partial charge in [-0.25, -0.2) is 0 Å². The molecule has 17 atom stereocenters. The zero-order chi connectivity index (χ0) is 69.6. The fourth-order valence-corrected chi connectivity index (χ4v) is 12.1. The van der Waals surface area contributed by atoms with Crippen LogP contribution in [0, 0.1) is 0 Å². The van der Waals surface area contributed by atoms with E-state index in [0.29, 0.717) is 12.8 Å². The van der Waals surface area contributed by atoms with Crippen molar-refractivity contribution in [3.8, 4) is 0 Å². The Labute approximate surface area is 577 Å². The molecule has 3 fully saturated rings. The van der Waals surface area contributed by atoms with E-state index in [2.05, 4.69) is 104 Å². The van der Waals surface area contributed by atoms with E-state index in [0.717, 1.165) is 103 Å². The van der Waals surface area contributed by atoms with Crippen LogP contribution in [0.3, 0.4) is 0 Å². The average molecular weight is 1360 g/mol. The van der Waals surface area contributed by atoms with Crippen molar-refractivity contribution >= 4 is 5.91 Å². The van der Waals surface area contributed by atoms with Crippen molar-refractivity contribution in [2.75, 3.05) is 26.4 Å². The third-order valence-electron chi connectivity index (χ3n) is 18.1. The Hall–Kier alpha value is -3.29. The molecule has 3 heterocycles. The van der Waals surface area contributed by atoms with E-state index in [4.69, 9.17) is 28.4 Å². The molecular formula is C77H133NO18. The second-order valence-electron chi connectivity index (χ2n) is 26.4. The van der Waals surface area contributed by atoms with Gasteiger partial charge in [0.15, 0.2) is 18.9 Å². The van der Waals surface area contributed by atoms with Gasteiger partial charge in [0.05, 0.1) is 38.6 Å². The summed E-state index contributed by atoms with van der Waals surface area (Å²) in [7, 11) is 0. The second-order valence-corrected chi connectivity index (χ2v) is 26.4. The number of nitrogens with one attached hydrogen (secondary N) is 1. The lowest BCUT2D eigenvalue weighted by molar-refractivity contribution is -0.379. The van der Waals surface area contributed by atoms with Gasteiger partial charge in [0.25, 0.3) is 0 Å². The molecule has 19 heteroatoms. The number of amides is 1. The highest BCUT2D eigenvalue weighted by atomic mass is 16.8. The molecule has 0 saturated carbocycles. The van der Waals surface area contributed by atoms with Gasteiger partial charge in [-0.2, -0.15) is 0 Å². The summed E-state index contributed by atoms with van der Waals surface area (Å²) in [6.07, 6.45) is 49.5. The van der Waals surface area contributed by atoms with Crippen LogP contribution in [0.4, 0.5) is 0 Å². The Morgan fingerprint density at radius 2 is 0.729 bits per heavy atom. The van der Waals surface area contributed by atoms with Crippen molar-refractivity contribution < 1.29 is 89.4 Å². The highest BCUT2D eigenvalue weighted by Crippen LogP contribution is 2.33. The third-order valence-corrected chi connectivity index (χ3v) is 18.1.